The zero-order valence-electron chi connectivity index (χ0n) is 10.3. The fourth-order valence-electron chi connectivity index (χ4n) is 1.55. The first-order valence-corrected chi connectivity index (χ1v) is 5.70. The van der Waals surface area contributed by atoms with E-state index < -0.39 is 12.0 Å². The number of methoxy groups -OCH3 is 1. The molecule has 1 rings (SSSR count). The van der Waals surface area contributed by atoms with Crippen molar-refractivity contribution in [3.63, 3.8) is 0 Å². The number of carbonyl (C=O) groups excluding carboxylic acids is 1. The minimum Gasteiger partial charge on any atom is -0.480 e. The quantitative estimate of drug-likeness (QED) is 0.702. The maximum absolute atomic E-state index is 11.1. The molecule has 0 aliphatic rings. The van der Waals surface area contributed by atoms with Crippen LogP contribution in [0.25, 0.3) is 0 Å². The molecule has 0 amide bonds. The molecule has 0 aliphatic heterocycles. The van der Waals surface area contributed by atoms with E-state index in [2.05, 4.69) is 10.1 Å². The molecule has 1 aromatic rings. The van der Waals surface area contributed by atoms with E-state index in [0.717, 1.165) is 5.56 Å². The number of hydrogen-bond donors (Lipinski definition) is 2. The maximum Gasteiger partial charge on any atom is 0.321 e. The minimum atomic E-state index is -0.927. The number of carboxylic acids is 1. The van der Waals surface area contributed by atoms with Gasteiger partial charge in [0.25, 0.3) is 0 Å². The summed E-state index contributed by atoms with van der Waals surface area (Å²) in [4.78, 5) is 22.0. The Hall–Kier alpha value is -1.88. The van der Waals surface area contributed by atoms with Crippen LogP contribution in [0.3, 0.4) is 0 Å². The van der Waals surface area contributed by atoms with Gasteiger partial charge in [-0.15, -0.1) is 0 Å². The van der Waals surface area contributed by atoms with Gasteiger partial charge in [-0.2, -0.15) is 0 Å². The molecule has 5 heteroatoms. The summed E-state index contributed by atoms with van der Waals surface area (Å²) in [6, 6.07) is 8.66. The van der Waals surface area contributed by atoms with Crippen LogP contribution >= 0.6 is 0 Å². The molecular weight excluding hydrogens is 234 g/mol. The molecule has 0 spiro atoms. The molecule has 1 atom stereocenters. The fraction of sp³-hybridized carbons (Fsp3) is 0.385. The molecule has 0 radical (unpaired) electrons. The number of esters is 1. The smallest absolute Gasteiger partial charge is 0.321 e. The highest BCUT2D eigenvalue weighted by Gasteiger charge is 2.17. The SMILES string of the molecule is COC(=O)CCNC(Cc1ccccc1)C(=O)O. The topological polar surface area (TPSA) is 75.6 Å². The molecule has 1 aromatic carbocycles. The molecule has 2 N–H and O–H groups in total. The normalized spacial score (nSPS) is 11.8. The predicted molar refractivity (Wildman–Crippen MR) is 66.2 cm³/mol. The second kappa shape index (κ2) is 7.45. The van der Waals surface area contributed by atoms with Crippen molar-refractivity contribution in [3.05, 3.63) is 35.9 Å². The average Bonchev–Trinajstić information content (AvgIpc) is 2.38. The van der Waals surface area contributed by atoms with Gasteiger partial charge in [-0.05, 0) is 12.0 Å². The van der Waals surface area contributed by atoms with Crippen LogP contribution < -0.4 is 5.32 Å². The molecule has 5 nitrogen and oxygen atoms in total. The Balaban J connectivity index is 2.46. The number of rotatable bonds is 7. The standard InChI is InChI=1S/C13H17NO4/c1-18-12(15)7-8-14-11(13(16)17)9-10-5-3-2-4-6-10/h2-6,11,14H,7-9H2,1H3,(H,16,17). The van der Waals surface area contributed by atoms with Crippen molar-refractivity contribution in [3.8, 4) is 0 Å². The molecule has 98 valence electrons. The van der Waals surface area contributed by atoms with Crippen LogP contribution in [-0.2, 0) is 20.7 Å². The zero-order chi connectivity index (χ0) is 13.4. The van der Waals surface area contributed by atoms with Crippen LogP contribution in [0.4, 0.5) is 0 Å². The lowest BCUT2D eigenvalue weighted by molar-refractivity contribution is -0.142. The van der Waals surface area contributed by atoms with Crippen molar-refractivity contribution in [1.82, 2.24) is 5.32 Å². The van der Waals surface area contributed by atoms with E-state index in [9.17, 15) is 9.59 Å². The Bertz CT molecular complexity index is 391. The summed E-state index contributed by atoms with van der Waals surface area (Å²) in [6.45, 7) is 0.288. The van der Waals surface area contributed by atoms with Gasteiger partial charge in [0.15, 0.2) is 0 Å². The summed E-state index contributed by atoms with van der Waals surface area (Å²) in [7, 11) is 1.31. The molecule has 0 saturated carbocycles. The van der Waals surface area contributed by atoms with Crippen molar-refractivity contribution < 1.29 is 19.4 Å². The van der Waals surface area contributed by atoms with E-state index in [0.29, 0.717) is 6.42 Å². The van der Waals surface area contributed by atoms with E-state index in [1.54, 1.807) is 0 Å². The van der Waals surface area contributed by atoms with Crippen LogP contribution in [0.5, 0.6) is 0 Å². The molecule has 0 bridgehead atoms. The van der Waals surface area contributed by atoms with Crippen molar-refractivity contribution in [2.24, 2.45) is 0 Å². The second-order valence-electron chi connectivity index (χ2n) is 3.86. The lowest BCUT2D eigenvalue weighted by Gasteiger charge is -2.14. The first-order valence-electron chi connectivity index (χ1n) is 5.70. The molecule has 0 aromatic heterocycles. The minimum absolute atomic E-state index is 0.162. The Morgan fingerprint density at radius 1 is 1.33 bits per heavy atom. The predicted octanol–water partition coefficient (Wildman–Crippen LogP) is 0.835. The number of ether oxygens (including phenoxy) is 1. The Labute approximate surface area is 106 Å². The fourth-order valence-corrected chi connectivity index (χ4v) is 1.55. The Morgan fingerprint density at radius 2 is 2.00 bits per heavy atom. The molecule has 0 fully saturated rings. The van der Waals surface area contributed by atoms with Gasteiger partial charge >= 0.3 is 11.9 Å². The van der Waals surface area contributed by atoms with Gasteiger partial charge in [-0.25, -0.2) is 0 Å². The van der Waals surface area contributed by atoms with E-state index in [4.69, 9.17) is 5.11 Å². The van der Waals surface area contributed by atoms with E-state index >= 15 is 0 Å². The number of carbonyl (C=O) groups is 2. The number of carboxylic acid groups (broad SMARTS) is 1. The lowest BCUT2D eigenvalue weighted by atomic mass is 10.1. The van der Waals surface area contributed by atoms with Crippen LogP contribution in [0, 0.1) is 0 Å². The third kappa shape index (κ3) is 4.97. The van der Waals surface area contributed by atoms with Gasteiger partial charge < -0.3 is 15.2 Å². The molecule has 1 unspecified atom stereocenters. The van der Waals surface area contributed by atoms with Gasteiger partial charge in [0, 0.05) is 6.54 Å². The van der Waals surface area contributed by atoms with Gasteiger partial charge in [0.1, 0.15) is 6.04 Å². The number of benzene rings is 1. The summed E-state index contributed by atoms with van der Waals surface area (Å²) < 4.78 is 4.48. The number of aliphatic carboxylic acids is 1. The lowest BCUT2D eigenvalue weighted by Crippen LogP contribution is -2.39. The third-order valence-electron chi connectivity index (χ3n) is 2.53. The zero-order valence-corrected chi connectivity index (χ0v) is 10.3. The van der Waals surface area contributed by atoms with Gasteiger partial charge in [-0.3, -0.25) is 9.59 Å². The largest absolute Gasteiger partial charge is 0.480 e. The van der Waals surface area contributed by atoms with Crippen molar-refractivity contribution >= 4 is 11.9 Å². The highest BCUT2D eigenvalue weighted by molar-refractivity contribution is 5.74. The number of nitrogens with one attached hydrogen (secondary N) is 1. The summed E-state index contributed by atoms with van der Waals surface area (Å²) >= 11 is 0. The molecule has 18 heavy (non-hydrogen) atoms. The maximum atomic E-state index is 11.1. The van der Waals surface area contributed by atoms with Crippen molar-refractivity contribution in [2.75, 3.05) is 13.7 Å². The van der Waals surface area contributed by atoms with Gasteiger partial charge in [-0.1, -0.05) is 30.3 Å². The van der Waals surface area contributed by atoms with Gasteiger partial charge in [0.2, 0.25) is 0 Å². The van der Waals surface area contributed by atoms with E-state index in [-0.39, 0.29) is 18.9 Å². The van der Waals surface area contributed by atoms with Crippen LogP contribution in [0.1, 0.15) is 12.0 Å². The van der Waals surface area contributed by atoms with Crippen LogP contribution in [0.2, 0.25) is 0 Å². The first-order chi connectivity index (χ1) is 8.63. The van der Waals surface area contributed by atoms with Crippen molar-refractivity contribution in [1.29, 1.82) is 0 Å². The highest BCUT2D eigenvalue weighted by atomic mass is 16.5. The summed E-state index contributed by atoms with van der Waals surface area (Å²) in [5.41, 5.74) is 0.940. The van der Waals surface area contributed by atoms with Crippen LogP contribution in [-0.4, -0.2) is 36.7 Å². The average molecular weight is 251 g/mol. The Kier molecular flexibility index (Phi) is 5.87. The van der Waals surface area contributed by atoms with E-state index in [1.807, 2.05) is 30.3 Å². The second-order valence-corrected chi connectivity index (χ2v) is 3.86. The monoisotopic (exact) mass is 251 g/mol. The molecule has 0 heterocycles. The molecule has 0 saturated heterocycles. The van der Waals surface area contributed by atoms with Crippen molar-refractivity contribution in [2.45, 2.75) is 18.9 Å². The molecular formula is C13H17NO4. The summed E-state index contributed by atoms with van der Waals surface area (Å²) in [5.74, 6) is -1.28. The third-order valence-corrected chi connectivity index (χ3v) is 2.53. The van der Waals surface area contributed by atoms with Gasteiger partial charge in [0.05, 0.1) is 13.5 Å². The summed E-state index contributed by atoms with van der Waals surface area (Å²) in [5, 5.41) is 11.9. The van der Waals surface area contributed by atoms with E-state index in [1.165, 1.54) is 7.11 Å². The molecule has 0 aliphatic carbocycles. The summed E-state index contributed by atoms with van der Waals surface area (Å²) in [6.07, 6.45) is 0.548. The Morgan fingerprint density at radius 3 is 2.56 bits per heavy atom. The van der Waals surface area contributed by atoms with Crippen LogP contribution in [0.15, 0.2) is 30.3 Å². The number of hydrogen-bond acceptors (Lipinski definition) is 4. The highest BCUT2D eigenvalue weighted by Crippen LogP contribution is 2.03. The first kappa shape index (κ1) is 14.2.